The lowest BCUT2D eigenvalue weighted by atomic mass is 10.3. The number of nitrogens with zero attached hydrogens (tertiary/aromatic N) is 6. The fraction of sp³-hybridized carbons (Fsp3) is 0.293. The fourth-order valence-electron chi connectivity index (χ4n) is 10.8. The Bertz CT molecular complexity index is 3430. The van der Waals surface area contributed by atoms with Gasteiger partial charge in [0, 0.05) is 96.3 Å². The summed E-state index contributed by atoms with van der Waals surface area (Å²) in [7, 11) is -7.36. The second kappa shape index (κ2) is 40.0. The highest BCUT2D eigenvalue weighted by Gasteiger charge is 2.48. The van der Waals surface area contributed by atoms with Crippen molar-refractivity contribution in [3.8, 4) is 0 Å². The molecule has 0 amide bonds. The van der Waals surface area contributed by atoms with E-state index in [9.17, 15) is 23.5 Å². The highest BCUT2D eigenvalue weighted by atomic mass is 32.1. The van der Waals surface area contributed by atoms with Gasteiger partial charge in [0.2, 0.25) is 8.45 Å². The van der Waals surface area contributed by atoms with Crippen LogP contribution in [0.5, 0.6) is 0 Å². The summed E-state index contributed by atoms with van der Waals surface area (Å²) in [5.41, 5.74) is 9.64. The maximum Gasteiger partial charge on any atom is 0.338 e. The van der Waals surface area contributed by atoms with Crippen LogP contribution in [0.2, 0.25) is 0 Å². The first-order valence-electron chi connectivity index (χ1n) is 32.8. The Balaban J connectivity index is 0.000000190. The number of ether oxygens (including phenoxy) is 3. The average Bonchev–Trinajstić information content (AvgIpc) is 1.57. The summed E-state index contributed by atoms with van der Waals surface area (Å²) in [6, 6.07) is 69.9. The standard InChI is InChI=1S/C23H25N4OPS.2C22H27N2O3P.C8H12O2/c30-23(25-20-10-4-1-5-11-20)24-16-19-28-29-26(21-12-6-2-7-13-21)17-18-27(29)22-14-8-3-9-15-22;2*1-3-11-21(18-22(25)27-4-2)28(26)23(19-12-7-5-8-13-19)16-17-24(28)20-14-9-6-10-15-20;1-3-5-6-7-8(9)10-4-2/h1-15H,16-19H2,(H2,24,25,30);2*5-15H,3-4,16-18H2,1-2H3;5,7H,3-4H2,1-2H3/b;21-11+;21-11-;. The number of hydrogen-bond donors (Lipinski definition) is 2. The molecular formula is C75H91N8O9P3S. The van der Waals surface area contributed by atoms with Crippen LogP contribution < -0.4 is 38.7 Å². The lowest BCUT2D eigenvalue weighted by Gasteiger charge is -2.34. The summed E-state index contributed by atoms with van der Waals surface area (Å²) in [6.45, 7) is 17.9. The Morgan fingerprint density at radius 1 is 0.469 bits per heavy atom. The first kappa shape index (κ1) is 74.7. The molecule has 3 aliphatic rings. The number of anilines is 7. The van der Waals surface area contributed by atoms with E-state index in [2.05, 4.69) is 79.0 Å². The second-order valence-corrected chi connectivity index (χ2v) is 28.9. The number of allylic oxidation sites excluding steroid dienone is 2. The van der Waals surface area contributed by atoms with Gasteiger partial charge in [0.25, 0.3) is 14.9 Å². The van der Waals surface area contributed by atoms with Crippen LogP contribution in [-0.2, 0) is 42.2 Å². The maximum absolute atomic E-state index is 14.7. The Kier molecular flexibility index (Phi) is 31.1. The number of esters is 3. The van der Waals surface area contributed by atoms with E-state index in [0.717, 1.165) is 47.9 Å². The van der Waals surface area contributed by atoms with Crippen LogP contribution >= 0.6 is 35.6 Å². The van der Waals surface area contributed by atoms with Crippen molar-refractivity contribution in [3.05, 3.63) is 253 Å². The lowest BCUT2D eigenvalue weighted by Crippen LogP contribution is -2.31. The van der Waals surface area contributed by atoms with Crippen LogP contribution in [0.3, 0.4) is 0 Å². The van der Waals surface area contributed by atoms with Crippen LogP contribution in [0.25, 0.3) is 0 Å². The first-order chi connectivity index (χ1) is 46.8. The zero-order valence-electron chi connectivity index (χ0n) is 55.9. The van der Waals surface area contributed by atoms with E-state index in [4.69, 9.17) is 26.2 Å². The molecule has 7 aromatic rings. The van der Waals surface area contributed by atoms with Gasteiger partial charge in [-0.3, -0.25) is 18.7 Å². The molecule has 0 bridgehead atoms. The van der Waals surface area contributed by atoms with Gasteiger partial charge in [-0.05, 0) is 143 Å². The normalized spacial score (nSPS) is 14.7. The third-order valence-corrected chi connectivity index (χ3v) is 23.8. The molecule has 10 rings (SSSR count). The first-order valence-corrected chi connectivity index (χ1v) is 37.6. The molecule has 96 heavy (non-hydrogen) atoms. The van der Waals surface area contributed by atoms with Gasteiger partial charge in [-0.25, -0.2) is 4.79 Å². The van der Waals surface area contributed by atoms with Gasteiger partial charge in [0.05, 0.1) is 45.3 Å². The predicted molar refractivity (Wildman–Crippen MR) is 400 cm³/mol. The van der Waals surface area contributed by atoms with Crippen molar-refractivity contribution in [2.24, 2.45) is 0 Å². The molecule has 0 saturated carbocycles. The quantitative estimate of drug-likeness (QED) is 0.0111. The Labute approximate surface area is 575 Å². The van der Waals surface area contributed by atoms with Crippen molar-refractivity contribution in [1.82, 2.24) is 5.32 Å². The summed E-state index contributed by atoms with van der Waals surface area (Å²) in [5, 5.41) is 8.30. The third-order valence-electron chi connectivity index (χ3n) is 14.9. The Hall–Kier alpha value is -8.71. The van der Waals surface area contributed by atoms with E-state index in [-0.39, 0.29) is 30.7 Å². The topological polar surface area (TPSA) is 166 Å². The molecule has 3 fully saturated rings. The molecule has 0 unspecified atom stereocenters. The number of para-hydroxylation sites is 7. The minimum absolute atomic E-state index is 0.0334. The smallest absolute Gasteiger partial charge is 0.338 e. The number of benzene rings is 7. The maximum atomic E-state index is 14.7. The van der Waals surface area contributed by atoms with Crippen LogP contribution in [0.15, 0.2) is 253 Å². The number of rotatable bonds is 24. The van der Waals surface area contributed by atoms with Crippen LogP contribution in [-0.4, -0.2) is 95.3 Å². The van der Waals surface area contributed by atoms with Crippen molar-refractivity contribution in [1.29, 1.82) is 0 Å². The van der Waals surface area contributed by atoms with E-state index in [1.807, 2.05) is 215 Å². The van der Waals surface area contributed by atoms with Crippen molar-refractivity contribution in [2.45, 2.75) is 73.6 Å². The molecule has 0 aromatic heterocycles. The monoisotopic (exact) mass is 1370 g/mol. The number of carbonyl (C=O) groups is 3. The molecular weight excluding hydrogens is 1280 g/mol. The molecule has 3 heterocycles. The number of carbonyl (C=O) groups excluding carboxylic acids is 3. The average molecular weight is 1370 g/mol. The highest BCUT2D eigenvalue weighted by molar-refractivity contribution is 7.80. The van der Waals surface area contributed by atoms with E-state index in [0.29, 0.717) is 87.7 Å². The van der Waals surface area contributed by atoms with Crippen molar-refractivity contribution < 1.29 is 42.2 Å². The predicted octanol–water partition coefficient (Wildman–Crippen LogP) is 17.8. The number of nitrogens with one attached hydrogen (secondary N) is 2. The van der Waals surface area contributed by atoms with E-state index < -0.39 is 23.3 Å². The second-order valence-electron chi connectivity index (χ2n) is 21.5. The van der Waals surface area contributed by atoms with Crippen molar-refractivity contribution in [3.63, 3.8) is 0 Å². The lowest BCUT2D eigenvalue weighted by molar-refractivity contribution is -0.143. The summed E-state index contributed by atoms with van der Waals surface area (Å²) in [4.78, 5) is 35.1. The summed E-state index contributed by atoms with van der Waals surface area (Å²) in [6.07, 6.45) is 9.27. The molecule has 0 atom stereocenters. The molecule has 0 radical (unpaired) electrons. The van der Waals surface area contributed by atoms with E-state index >= 15 is 0 Å². The molecule has 17 nitrogen and oxygen atoms in total. The molecule has 21 heteroatoms. The molecule has 3 saturated heterocycles. The SMILES string of the molecule is CC/C=C(/CC(=O)OCC)P1(=O)N(c2ccccc2)CCN1c1ccccc1.CC/C=C(\CC(=O)OCC)P1(=O)N(c2ccccc2)CCN1c1ccccc1.CCC=C=CC(=O)OCC.S=C(NCCOP1N(c2ccccc2)CCN1c1ccccc1)Nc1ccccc1. The van der Waals surface area contributed by atoms with Crippen molar-refractivity contribution >= 4 is 98.4 Å². The zero-order chi connectivity index (χ0) is 68.4. The Morgan fingerprint density at radius 3 is 1.12 bits per heavy atom. The van der Waals surface area contributed by atoms with Gasteiger partial charge in [0.15, 0.2) is 5.11 Å². The zero-order valence-corrected chi connectivity index (χ0v) is 59.4. The Morgan fingerprint density at radius 2 is 0.802 bits per heavy atom. The van der Waals surface area contributed by atoms with Crippen LogP contribution in [0.1, 0.15) is 73.6 Å². The molecule has 0 aliphatic carbocycles. The van der Waals surface area contributed by atoms with Gasteiger partial charge >= 0.3 is 17.9 Å². The minimum Gasteiger partial charge on any atom is -0.466 e. The number of thiocarbonyl (C=S) groups is 1. The summed E-state index contributed by atoms with van der Waals surface area (Å²) >= 11 is 5.39. The van der Waals surface area contributed by atoms with Gasteiger partial charge < -0.3 is 57.4 Å². The molecule has 0 spiro atoms. The van der Waals surface area contributed by atoms with Gasteiger partial charge in [-0.2, -0.15) is 0 Å². The van der Waals surface area contributed by atoms with Crippen LogP contribution in [0.4, 0.5) is 39.8 Å². The third kappa shape index (κ3) is 21.1. The largest absolute Gasteiger partial charge is 0.466 e. The molecule has 2 N–H and O–H groups in total. The van der Waals surface area contributed by atoms with Crippen molar-refractivity contribution in [2.75, 3.05) is 106 Å². The fourth-order valence-corrected chi connectivity index (χ4v) is 19.5. The summed E-state index contributed by atoms with van der Waals surface area (Å²) < 4.78 is 63.3. The van der Waals surface area contributed by atoms with Gasteiger partial charge in [0.1, 0.15) is 0 Å². The molecule has 506 valence electrons. The number of hydrogen-bond acceptors (Lipinski definition) is 12. The van der Waals surface area contributed by atoms with E-state index in [1.54, 1.807) is 26.8 Å². The van der Waals surface area contributed by atoms with Crippen LogP contribution in [0, 0.1) is 0 Å². The molecule has 7 aromatic carbocycles. The van der Waals surface area contributed by atoms with E-state index in [1.165, 1.54) is 17.5 Å². The highest BCUT2D eigenvalue weighted by Crippen LogP contribution is 2.68. The van der Waals surface area contributed by atoms with Gasteiger partial charge in [-0.1, -0.05) is 160 Å². The summed E-state index contributed by atoms with van der Waals surface area (Å²) in [5.74, 6) is -1.01. The minimum atomic E-state index is -3.21. The van der Waals surface area contributed by atoms with Gasteiger partial charge in [-0.15, -0.1) is 5.73 Å². The molecule has 3 aliphatic heterocycles.